The van der Waals surface area contributed by atoms with Crippen molar-refractivity contribution in [2.24, 2.45) is 0 Å². The number of rotatable bonds is 4. The molecule has 0 atom stereocenters. The normalized spacial score (nSPS) is 15.4. The minimum absolute atomic E-state index is 0.292. The largest absolute Gasteiger partial charge is 0.478 e. The number of aliphatic carboxylic acids is 1. The molecule has 20 heavy (non-hydrogen) atoms. The Balaban J connectivity index is 2.41. The Bertz CT molecular complexity index is 605. The topological polar surface area (TPSA) is 107 Å². The molecule has 0 radical (unpaired) electrons. The highest BCUT2D eigenvalue weighted by molar-refractivity contribution is 7.52. The Labute approximate surface area is 116 Å². The minimum Gasteiger partial charge on any atom is -0.478 e. The summed E-state index contributed by atoms with van der Waals surface area (Å²) in [5.74, 6) is -1.32. The third-order valence-electron chi connectivity index (χ3n) is 3.09. The quantitative estimate of drug-likeness (QED) is 0.497. The molecule has 1 aromatic rings. The van der Waals surface area contributed by atoms with Crippen LogP contribution in [0.1, 0.15) is 17.5 Å². The summed E-state index contributed by atoms with van der Waals surface area (Å²) in [5.41, 5.74) is 2.29. The lowest BCUT2D eigenvalue weighted by atomic mass is 9.98. The average Bonchev–Trinajstić information content (AvgIpc) is 2.36. The lowest BCUT2D eigenvalue weighted by Gasteiger charge is -2.20. The molecule has 0 bridgehead atoms. The van der Waals surface area contributed by atoms with Crippen LogP contribution in [0.4, 0.5) is 5.69 Å². The van der Waals surface area contributed by atoms with Gasteiger partial charge in [-0.1, -0.05) is 18.2 Å². The molecule has 6 nitrogen and oxygen atoms in total. The summed E-state index contributed by atoms with van der Waals surface area (Å²) in [4.78, 5) is 29.0. The van der Waals surface area contributed by atoms with Crippen molar-refractivity contribution in [3.8, 4) is 0 Å². The second kappa shape index (κ2) is 5.79. The maximum Gasteiger partial charge on any atom is 0.332 e. The van der Waals surface area contributed by atoms with Crippen molar-refractivity contribution in [1.29, 1.82) is 0 Å². The first-order chi connectivity index (χ1) is 9.37. The highest BCUT2D eigenvalue weighted by Crippen LogP contribution is 2.38. The second-order valence-electron chi connectivity index (χ2n) is 4.71. The van der Waals surface area contributed by atoms with E-state index in [9.17, 15) is 9.36 Å². The molecule has 0 aliphatic carbocycles. The molecule has 0 unspecified atom stereocenters. The smallest absolute Gasteiger partial charge is 0.332 e. The van der Waals surface area contributed by atoms with Gasteiger partial charge in [-0.2, -0.15) is 0 Å². The van der Waals surface area contributed by atoms with E-state index in [1.807, 2.05) is 12.1 Å². The van der Waals surface area contributed by atoms with Crippen LogP contribution in [-0.4, -0.2) is 33.6 Å². The molecule has 0 spiro atoms. The van der Waals surface area contributed by atoms with Crippen LogP contribution in [0.5, 0.6) is 0 Å². The minimum atomic E-state index is -4.41. The fourth-order valence-electron chi connectivity index (χ4n) is 2.24. The predicted molar refractivity (Wildman–Crippen MR) is 75.8 cm³/mol. The molecule has 0 aromatic heterocycles. The number of carboxylic acid groups (broad SMARTS) is 1. The van der Waals surface area contributed by atoms with Gasteiger partial charge in [-0.25, -0.2) is 4.79 Å². The molecule has 0 saturated carbocycles. The molecule has 1 heterocycles. The van der Waals surface area contributed by atoms with Crippen LogP contribution in [0.25, 0.3) is 6.08 Å². The summed E-state index contributed by atoms with van der Waals surface area (Å²) in [5, 5.41) is 12.3. The first-order valence-corrected chi connectivity index (χ1v) is 8.01. The number of hydrogen-bond acceptors (Lipinski definition) is 3. The molecular formula is C13H16NO5P. The first-order valence-electron chi connectivity index (χ1n) is 6.21. The van der Waals surface area contributed by atoms with Crippen molar-refractivity contribution in [2.75, 3.05) is 18.0 Å². The van der Waals surface area contributed by atoms with Crippen LogP contribution in [0.2, 0.25) is 0 Å². The first kappa shape index (κ1) is 14.8. The van der Waals surface area contributed by atoms with Crippen molar-refractivity contribution in [3.05, 3.63) is 34.9 Å². The third-order valence-corrected chi connectivity index (χ3v) is 3.84. The number of fused-ring (bicyclic) bond motifs is 1. The van der Waals surface area contributed by atoms with Gasteiger partial charge in [-0.05, 0) is 30.0 Å². The van der Waals surface area contributed by atoms with E-state index in [1.165, 1.54) is 6.08 Å². The molecule has 2 rings (SSSR count). The van der Waals surface area contributed by atoms with Crippen molar-refractivity contribution in [3.63, 3.8) is 0 Å². The maximum atomic E-state index is 11.1. The number of nitrogens with one attached hydrogen (secondary N) is 1. The number of hydrogen-bond donors (Lipinski definition) is 4. The highest BCUT2D eigenvalue weighted by atomic mass is 31.2. The number of benzene rings is 1. The van der Waals surface area contributed by atoms with Crippen LogP contribution >= 0.6 is 7.60 Å². The number of aryl methyl sites for hydroxylation is 1. The van der Waals surface area contributed by atoms with Crippen molar-refractivity contribution >= 4 is 25.3 Å². The molecular weight excluding hydrogens is 281 g/mol. The van der Waals surface area contributed by atoms with Gasteiger partial charge >= 0.3 is 13.6 Å². The second-order valence-corrected chi connectivity index (χ2v) is 6.35. The van der Waals surface area contributed by atoms with Crippen LogP contribution in [0.15, 0.2) is 23.8 Å². The molecule has 1 aliphatic heterocycles. The van der Waals surface area contributed by atoms with Gasteiger partial charge in [0.2, 0.25) is 0 Å². The van der Waals surface area contributed by atoms with Crippen molar-refractivity contribution in [1.82, 2.24) is 0 Å². The zero-order chi connectivity index (χ0) is 14.8. The molecule has 0 saturated heterocycles. The number of anilines is 1. The van der Waals surface area contributed by atoms with E-state index < -0.39 is 19.7 Å². The SMILES string of the molecule is O=C(O)/C(=C/c1cccc2c1NCCC2)CP(=O)(O)O. The van der Waals surface area contributed by atoms with Gasteiger partial charge in [-0.15, -0.1) is 0 Å². The van der Waals surface area contributed by atoms with Crippen LogP contribution < -0.4 is 5.32 Å². The van der Waals surface area contributed by atoms with Gasteiger partial charge in [0.05, 0.1) is 6.16 Å². The summed E-state index contributed by atoms with van der Waals surface area (Å²) >= 11 is 0. The summed E-state index contributed by atoms with van der Waals surface area (Å²) in [7, 11) is -4.41. The summed E-state index contributed by atoms with van der Waals surface area (Å²) in [6.07, 6.45) is 2.48. The number of para-hydroxylation sites is 1. The van der Waals surface area contributed by atoms with E-state index in [0.717, 1.165) is 30.6 Å². The molecule has 7 heteroatoms. The van der Waals surface area contributed by atoms with E-state index in [2.05, 4.69) is 5.32 Å². The Morgan fingerprint density at radius 2 is 2.15 bits per heavy atom. The molecule has 1 aromatic carbocycles. The highest BCUT2D eigenvalue weighted by Gasteiger charge is 2.21. The van der Waals surface area contributed by atoms with Crippen LogP contribution in [0.3, 0.4) is 0 Å². The molecule has 4 N–H and O–H groups in total. The Morgan fingerprint density at radius 3 is 2.80 bits per heavy atom. The Hall–Kier alpha value is -1.62. The fraction of sp³-hybridized carbons (Fsp3) is 0.308. The predicted octanol–water partition coefficient (Wildman–Crippen LogP) is 1.69. The monoisotopic (exact) mass is 297 g/mol. The number of carboxylic acids is 1. The summed E-state index contributed by atoms with van der Waals surface area (Å²) < 4.78 is 11.0. The van der Waals surface area contributed by atoms with E-state index in [0.29, 0.717) is 5.56 Å². The van der Waals surface area contributed by atoms with Gasteiger partial charge < -0.3 is 20.2 Å². The lowest BCUT2D eigenvalue weighted by molar-refractivity contribution is -0.132. The standard InChI is InChI=1S/C13H16NO5P/c15-13(16)11(8-20(17,18)19)7-10-4-1-3-9-5-2-6-14-12(9)10/h1,3-4,7,14H,2,5-6,8H2,(H,15,16)(H2,17,18,19)/b11-7+. The van der Waals surface area contributed by atoms with Gasteiger partial charge in [-0.3, -0.25) is 4.57 Å². The van der Waals surface area contributed by atoms with E-state index in [4.69, 9.17) is 14.9 Å². The maximum absolute atomic E-state index is 11.1. The average molecular weight is 297 g/mol. The molecule has 0 fully saturated rings. The van der Waals surface area contributed by atoms with Crippen molar-refractivity contribution < 1.29 is 24.3 Å². The molecule has 1 aliphatic rings. The zero-order valence-corrected chi connectivity index (χ0v) is 11.6. The molecule has 108 valence electrons. The van der Waals surface area contributed by atoms with Crippen molar-refractivity contribution in [2.45, 2.75) is 12.8 Å². The van der Waals surface area contributed by atoms with E-state index in [-0.39, 0.29) is 5.57 Å². The lowest BCUT2D eigenvalue weighted by Crippen LogP contribution is -2.13. The Kier molecular flexibility index (Phi) is 4.28. The van der Waals surface area contributed by atoms with Gasteiger partial charge in [0.25, 0.3) is 0 Å². The van der Waals surface area contributed by atoms with Gasteiger partial charge in [0, 0.05) is 17.8 Å². The van der Waals surface area contributed by atoms with E-state index in [1.54, 1.807) is 6.07 Å². The fourth-order valence-corrected chi connectivity index (χ4v) is 2.91. The summed E-state index contributed by atoms with van der Waals surface area (Å²) in [6, 6.07) is 5.51. The third kappa shape index (κ3) is 3.70. The van der Waals surface area contributed by atoms with Gasteiger partial charge in [0.15, 0.2) is 0 Å². The zero-order valence-electron chi connectivity index (χ0n) is 10.7. The van der Waals surface area contributed by atoms with Gasteiger partial charge in [0.1, 0.15) is 0 Å². The summed E-state index contributed by atoms with van der Waals surface area (Å²) in [6.45, 7) is 0.804. The van der Waals surface area contributed by atoms with Crippen LogP contribution in [0, 0.1) is 0 Å². The van der Waals surface area contributed by atoms with E-state index >= 15 is 0 Å². The Morgan fingerprint density at radius 1 is 1.40 bits per heavy atom. The number of carbonyl (C=O) groups is 1. The van der Waals surface area contributed by atoms with Crippen LogP contribution in [-0.2, 0) is 15.8 Å². The molecule has 0 amide bonds.